The zero-order valence-electron chi connectivity index (χ0n) is 10.8. The lowest BCUT2D eigenvalue weighted by Gasteiger charge is -2.44. The van der Waals surface area contributed by atoms with Gasteiger partial charge in [-0.25, -0.2) is 0 Å². The van der Waals surface area contributed by atoms with Gasteiger partial charge in [-0.3, -0.25) is 9.59 Å². The van der Waals surface area contributed by atoms with Crippen LogP contribution >= 0.6 is 23.5 Å². The van der Waals surface area contributed by atoms with Crippen LogP contribution in [0.3, 0.4) is 0 Å². The summed E-state index contributed by atoms with van der Waals surface area (Å²) in [6.45, 7) is 7.36. The van der Waals surface area contributed by atoms with Gasteiger partial charge in [-0.15, -0.1) is 0 Å². The highest BCUT2D eigenvalue weighted by molar-refractivity contribution is 8.23. The van der Waals surface area contributed by atoms with Crippen molar-refractivity contribution in [2.75, 3.05) is 0 Å². The maximum Gasteiger partial charge on any atom is 0.366 e. The molecule has 1 spiro atoms. The Morgan fingerprint density at radius 3 is 1.67 bits per heavy atom. The Morgan fingerprint density at radius 1 is 0.944 bits per heavy atom. The second kappa shape index (κ2) is 4.49. The molecule has 0 aromatic rings. The van der Waals surface area contributed by atoms with Crippen molar-refractivity contribution in [3.05, 3.63) is 10.8 Å². The van der Waals surface area contributed by atoms with Crippen LogP contribution in [0.2, 0.25) is 0 Å². The molecule has 0 radical (unpaired) electrons. The van der Waals surface area contributed by atoms with Crippen LogP contribution < -0.4 is 0 Å². The minimum atomic E-state index is -1.23. The first-order valence-corrected chi connectivity index (χ1v) is 7.58. The minimum absolute atomic E-state index is 0.167. The lowest BCUT2D eigenvalue weighted by Crippen LogP contribution is -2.58. The molecule has 2 aliphatic rings. The first-order chi connectivity index (χ1) is 8.35. The van der Waals surface area contributed by atoms with Crippen LogP contribution in [0.1, 0.15) is 27.7 Å². The summed E-state index contributed by atoms with van der Waals surface area (Å²) < 4.78 is 9.62. The van der Waals surface area contributed by atoms with E-state index in [1.54, 1.807) is 10.8 Å². The van der Waals surface area contributed by atoms with Gasteiger partial charge in [0.25, 0.3) is 0 Å². The molecular formula is C12H16O4S2. The maximum absolute atomic E-state index is 12.4. The summed E-state index contributed by atoms with van der Waals surface area (Å²) in [5, 5.41) is 3.51. The van der Waals surface area contributed by atoms with Crippen molar-refractivity contribution in [1.82, 2.24) is 0 Å². The molecule has 0 bridgehead atoms. The Bertz CT molecular complexity index is 376. The molecule has 2 aliphatic heterocycles. The SMILES string of the molecule is CC(C)C1(C(C)C)C(=O)OC2(OC1=O)SC=CS2. The molecule has 0 N–H and O–H groups in total. The van der Waals surface area contributed by atoms with Gasteiger partial charge in [-0.05, 0) is 46.2 Å². The smallest absolute Gasteiger partial charge is 0.366 e. The van der Waals surface area contributed by atoms with Crippen LogP contribution in [0.15, 0.2) is 10.8 Å². The van der Waals surface area contributed by atoms with Crippen molar-refractivity contribution in [3.63, 3.8) is 0 Å². The van der Waals surface area contributed by atoms with Gasteiger partial charge >= 0.3 is 16.4 Å². The number of thioether (sulfide) groups is 2. The predicted octanol–water partition coefficient (Wildman–Crippen LogP) is 2.95. The van der Waals surface area contributed by atoms with Gasteiger partial charge in [-0.1, -0.05) is 27.7 Å². The second-order valence-electron chi connectivity index (χ2n) is 4.97. The number of carbonyl (C=O) groups excluding carboxylic acids is 2. The molecule has 0 aromatic carbocycles. The summed E-state index contributed by atoms with van der Waals surface area (Å²) in [6, 6.07) is 0. The second-order valence-corrected chi connectivity index (χ2v) is 7.31. The molecule has 18 heavy (non-hydrogen) atoms. The van der Waals surface area contributed by atoms with Crippen LogP contribution in [0.5, 0.6) is 0 Å². The van der Waals surface area contributed by atoms with E-state index in [0.29, 0.717) is 0 Å². The van der Waals surface area contributed by atoms with Crippen molar-refractivity contribution in [2.45, 2.75) is 32.1 Å². The number of ether oxygens (including phenoxy) is 2. The molecule has 0 saturated carbocycles. The molecule has 1 fully saturated rings. The molecule has 2 heterocycles. The van der Waals surface area contributed by atoms with Crippen molar-refractivity contribution in [2.24, 2.45) is 17.3 Å². The van der Waals surface area contributed by atoms with Crippen molar-refractivity contribution >= 4 is 35.5 Å². The van der Waals surface area contributed by atoms with Crippen molar-refractivity contribution in [3.8, 4) is 0 Å². The van der Waals surface area contributed by atoms with Gasteiger partial charge in [0.05, 0.1) is 0 Å². The molecule has 0 atom stereocenters. The average Bonchev–Trinajstić information content (AvgIpc) is 2.64. The van der Waals surface area contributed by atoms with Crippen LogP contribution in [0.25, 0.3) is 0 Å². The fraction of sp³-hybridized carbons (Fsp3) is 0.667. The van der Waals surface area contributed by atoms with E-state index in [0.717, 1.165) is 0 Å². The van der Waals surface area contributed by atoms with E-state index in [4.69, 9.17) is 9.47 Å². The lowest BCUT2D eigenvalue weighted by molar-refractivity contribution is -0.222. The van der Waals surface area contributed by atoms with Crippen LogP contribution in [0.4, 0.5) is 0 Å². The predicted molar refractivity (Wildman–Crippen MR) is 71.3 cm³/mol. The monoisotopic (exact) mass is 288 g/mol. The molecule has 6 heteroatoms. The highest BCUT2D eigenvalue weighted by Crippen LogP contribution is 2.54. The zero-order valence-corrected chi connectivity index (χ0v) is 12.4. The highest BCUT2D eigenvalue weighted by atomic mass is 32.2. The summed E-state index contributed by atoms with van der Waals surface area (Å²) in [4.78, 5) is 24.8. The van der Waals surface area contributed by atoms with E-state index >= 15 is 0 Å². The topological polar surface area (TPSA) is 52.6 Å². The number of carbonyl (C=O) groups is 2. The first-order valence-electron chi connectivity index (χ1n) is 5.82. The van der Waals surface area contributed by atoms with Gasteiger partial charge in [0.1, 0.15) is 0 Å². The maximum atomic E-state index is 12.4. The summed E-state index contributed by atoms with van der Waals surface area (Å²) >= 11 is 2.39. The molecule has 4 nitrogen and oxygen atoms in total. The summed E-state index contributed by atoms with van der Waals surface area (Å²) in [5.74, 6) is -1.29. The first kappa shape index (κ1) is 13.8. The van der Waals surface area contributed by atoms with Crippen molar-refractivity contribution in [1.29, 1.82) is 0 Å². The minimum Gasteiger partial charge on any atom is -0.402 e. The fourth-order valence-electron chi connectivity index (χ4n) is 2.46. The largest absolute Gasteiger partial charge is 0.402 e. The Kier molecular flexibility index (Phi) is 3.44. The van der Waals surface area contributed by atoms with E-state index in [1.807, 2.05) is 27.7 Å². The highest BCUT2D eigenvalue weighted by Gasteiger charge is 2.63. The third kappa shape index (κ3) is 1.77. The van der Waals surface area contributed by atoms with Gasteiger partial charge < -0.3 is 9.47 Å². The Hall–Kier alpha value is -0.620. The fourth-order valence-corrected chi connectivity index (χ4v) is 4.28. The van der Waals surface area contributed by atoms with Crippen LogP contribution in [-0.2, 0) is 19.1 Å². The lowest BCUT2D eigenvalue weighted by atomic mass is 9.68. The van der Waals surface area contributed by atoms with E-state index in [1.165, 1.54) is 23.5 Å². The summed E-state index contributed by atoms with van der Waals surface area (Å²) in [7, 11) is 0. The van der Waals surface area contributed by atoms with Gasteiger partial charge in [0, 0.05) is 0 Å². The van der Waals surface area contributed by atoms with Gasteiger partial charge in [0.2, 0.25) is 0 Å². The summed E-state index contributed by atoms with van der Waals surface area (Å²) in [6.07, 6.45) is 0. The molecule has 2 rings (SSSR count). The molecular weight excluding hydrogens is 272 g/mol. The molecule has 0 aromatic heterocycles. The Morgan fingerprint density at radius 2 is 1.33 bits per heavy atom. The quantitative estimate of drug-likeness (QED) is 0.575. The molecule has 0 amide bonds. The zero-order chi connectivity index (χ0) is 13.6. The molecule has 0 aliphatic carbocycles. The number of rotatable bonds is 2. The average molecular weight is 288 g/mol. The molecule has 0 unspecified atom stereocenters. The van der Waals surface area contributed by atoms with E-state index in [9.17, 15) is 9.59 Å². The number of esters is 2. The molecule has 1 saturated heterocycles. The van der Waals surface area contributed by atoms with Gasteiger partial charge in [-0.2, -0.15) is 0 Å². The normalized spacial score (nSPS) is 24.8. The third-order valence-electron chi connectivity index (χ3n) is 3.41. The Balaban J connectivity index is 2.36. The number of hydrogen-bond acceptors (Lipinski definition) is 6. The Labute approximate surface area is 115 Å². The van der Waals surface area contributed by atoms with Crippen molar-refractivity contribution < 1.29 is 19.1 Å². The summed E-state index contributed by atoms with van der Waals surface area (Å²) in [5.41, 5.74) is -1.20. The van der Waals surface area contributed by atoms with Crippen LogP contribution in [0, 0.1) is 17.3 Å². The standard InChI is InChI=1S/C12H16O4S2/c1-7(2)11(8(3)4)9(13)15-12(16-10(11)14)17-5-6-18-12/h5-8H,1-4H3. The van der Waals surface area contributed by atoms with E-state index in [-0.39, 0.29) is 11.8 Å². The number of hydrogen-bond donors (Lipinski definition) is 0. The van der Waals surface area contributed by atoms with E-state index in [2.05, 4.69) is 0 Å². The molecule has 100 valence electrons. The van der Waals surface area contributed by atoms with Gasteiger partial charge in [0.15, 0.2) is 5.41 Å². The third-order valence-corrected chi connectivity index (χ3v) is 5.62. The van der Waals surface area contributed by atoms with E-state index < -0.39 is 21.8 Å². The van der Waals surface area contributed by atoms with Crippen LogP contribution in [-0.4, -0.2) is 16.4 Å².